The number of nitrogens with zero attached hydrogens (tertiary/aromatic N) is 1. The van der Waals surface area contributed by atoms with Gasteiger partial charge in [0.25, 0.3) is 5.91 Å². The van der Waals surface area contributed by atoms with E-state index in [4.69, 9.17) is 21.1 Å². The van der Waals surface area contributed by atoms with Gasteiger partial charge in [0.15, 0.2) is 0 Å². The molecule has 1 N–H and O–H groups in total. The highest BCUT2D eigenvalue weighted by atomic mass is 35.5. The summed E-state index contributed by atoms with van der Waals surface area (Å²) in [6.45, 7) is 0.392. The fourth-order valence-electron chi connectivity index (χ4n) is 3.56. The lowest BCUT2D eigenvalue weighted by molar-refractivity contribution is 0.0728. The number of amides is 1. The van der Waals surface area contributed by atoms with E-state index in [1.54, 1.807) is 19.1 Å². The lowest BCUT2D eigenvalue weighted by Crippen LogP contribution is -2.32. The molecule has 0 saturated heterocycles. The Bertz CT molecular complexity index is 1050. The average molecular weight is 409 g/mol. The Labute approximate surface area is 174 Å². The minimum absolute atomic E-state index is 0.0366. The zero-order chi connectivity index (χ0) is 20.4. The van der Waals surface area contributed by atoms with Gasteiger partial charge in [-0.2, -0.15) is 0 Å². The van der Waals surface area contributed by atoms with Crippen LogP contribution in [-0.2, 0) is 6.54 Å². The number of hydrogen-bond acceptors (Lipinski definition) is 4. The van der Waals surface area contributed by atoms with Crippen LogP contribution in [0, 0.1) is 0 Å². The molecule has 3 aromatic carbocycles. The van der Waals surface area contributed by atoms with Gasteiger partial charge in [-0.1, -0.05) is 48.0 Å². The van der Waals surface area contributed by atoms with Gasteiger partial charge in [0.1, 0.15) is 17.7 Å². The second-order valence-electron chi connectivity index (χ2n) is 6.72. The molecule has 0 aromatic heterocycles. The summed E-state index contributed by atoms with van der Waals surface area (Å²) in [7, 11) is 3.22. The highest BCUT2D eigenvalue weighted by molar-refractivity contribution is 6.31. The third kappa shape index (κ3) is 3.61. The quantitative estimate of drug-likeness (QED) is 0.614. The van der Waals surface area contributed by atoms with Gasteiger partial charge < -0.3 is 19.7 Å². The maximum absolute atomic E-state index is 13.2. The smallest absolute Gasteiger partial charge is 0.256 e. The summed E-state index contributed by atoms with van der Waals surface area (Å²) >= 11 is 6.36. The number of carbonyl (C=O) groups excluding carboxylic acids is 1. The van der Waals surface area contributed by atoms with Gasteiger partial charge in [-0.25, -0.2) is 0 Å². The number of nitrogens with one attached hydrogen (secondary N) is 1. The largest absolute Gasteiger partial charge is 0.497 e. The molecule has 0 saturated carbocycles. The number of fused-ring (bicyclic) bond motifs is 1. The second kappa shape index (κ2) is 8.05. The lowest BCUT2D eigenvalue weighted by atomic mass is 10.1. The number of carbonyl (C=O) groups is 1. The van der Waals surface area contributed by atoms with E-state index in [-0.39, 0.29) is 12.1 Å². The van der Waals surface area contributed by atoms with Crippen molar-refractivity contribution in [3.8, 4) is 11.5 Å². The second-order valence-corrected chi connectivity index (χ2v) is 7.13. The fraction of sp³-hybridized carbons (Fsp3) is 0.174. The van der Waals surface area contributed by atoms with Crippen LogP contribution in [0.2, 0.25) is 5.02 Å². The minimum Gasteiger partial charge on any atom is -0.497 e. The molecule has 1 heterocycles. The Balaban J connectivity index is 1.72. The highest BCUT2D eigenvalue weighted by Gasteiger charge is 2.37. The van der Waals surface area contributed by atoms with Crippen LogP contribution in [0.1, 0.15) is 27.7 Å². The summed E-state index contributed by atoms with van der Waals surface area (Å²) in [5.41, 5.74) is 3.27. The van der Waals surface area contributed by atoms with Gasteiger partial charge in [0.2, 0.25) is 0 Å². The van der Waals surface area contributed by atoms with Crippen LogP contribution in [0.4, 0.5) is 5.69 Å². The van der Waals surface area contributed by atoms with E-state index in [0.29, 0.717) is 28.6 Å². The zero-order valence-corrected chi connectivity index (χ0v) is 16.9. The van der Waals surface area contributed by atoms with Crippen molar-refractivity contribution in [2.24, 2.45) is 0 Å². The van der Waals surface area contributed by atoms with Crippen LogP contribution < -0.4 is 14.8 Å². The maximum Gasteiger partial charge on any atom is 0.256 e. The van der Waals surface area contributed by atoms with E-state index in [1.807, 2.05) is 66.7 Å². The van der Waals surface area contributed by atoms with Gasteiger partial charge >= 0.3 is 0 Å². The predicted octanol–water partition coefficient (Wildman–Crippen LogP) is 5.12. The van der Waals surface area contributed by atoms with Crippen molar-refractivity contribution in [1.29, 1.82) is 0 Å². The molecule has 1 aliphatic heterocycles. The molecule has 0 fully saturated rings. The SMILES string of the molecule is COc1ccc(NC2c3ccccc3C(=O)N2Cc2ccccc2Cl)c(OC)c1. The standard InChI is InChI=1S/C23H21ClN2O3/c1-28-16-11-12-20(21(13-16)29-2)25-22-17-8-4-5-9-18(17)23(27)26(22)14-15-7-3-6-10-19(15)24/h3-13,22,25H,14H2,1-2H3. The Kier molecular flexibility index (Phi) is 5.32. The minimum atomic E-state index is -0.350. The highest BCUT2D eigenvalue weighted by Crippen LogP contribution is 2.39. The first-order valence-corrected chi connectivity index (χ1v) is 9.62. The molecule has 0 aliphatic carbocycles. The maximum atomic E-state index is 13.2. The number of halogens is 1. The molecule has 148 valence electrons. The van der Waals surface area contributed by atoms with Crippen molar-refractivity contribution >= 4 is 23.2 Å². The van der Waals surface area contributed by atoms with Crippen molar-refractivity contribution in [2.45, 2.75) is 12.7 Å². The molecular weight excluding hydrogens is 388 g/mol. The van der Waals surface area contributed by atoms with Crippen LogP contribution in [0.25, 0.3) is 0 Å². The Morgan fingerprint density at radius 3 is 2.52 bits per heavy atom. The summed E-state index contributed by atoms with van der Waals surface area (Å²) in [6, 6.07) is 20.7. The summed E-state index contributed by atoms with van der Waals surface area (Å²) < 4.78 is 10.8. The first-order valence-electron chi connectivity index (χ1n) is 9.24. The Morgan fingerprint density at radius 1 is 1.00 bits per heavy atom. The predicted molar refractivity (Wildman–Crippen MR) is 114 cm³/mol. The van der Waals surface area contributed by atoms with Crippen LogP contribution in [0.3, 0.4) is 0 Å². The molecule has 6 heteroatoms. The Hall–Kier alpha value is -3.18. The van der Waals surface area contributed by atoms with Crippen LogP contribution in [-0.4, -0.2) is 25.0 Å². The first kappa shape index (κ1) is 19.2. The van der Waals surface area contributed by atoms with E-state index in [0.717, 1.165) is 16.8 Å². The summed E-state index contributed by atoms with van der Waals surface area (Å²) in [5.74, 6) is 1.30. The Morgan fingerprint density at radius 2 is 1.76 bits per heavy atom. The molecule has 5 nitrogen and oxygen atoms in total. The third-order valence-electron chi connectivity index (χ3n) is 5.06. The van der Waals surface area contributed by atoms with E-state index in [2.05, 4.69) is 5.32 Å². The number of ether oxygens (including phenoxy) is 2. The number of benzene rings is 3. The number of rotatable bonds is 6. The summed E-state index contributed by atoms with van der Waals surface area (Å²) in [5, 5.41) is 4.11. The van der Waals surface area contributed by atoms with Crippen molar-refractivity contribution in [1.82, 2.24) is 4.90 Å². The molecule has 1 aliphatic rings. The summed E-state index contributed by atoms with van der Waals surface area (Å²) in [6.07, 6.45) is -0.350. The molecule has 3 aromatic rings. The van der Waals surface area contributed by atoms with Gasteiger partial charge in [-0.15, -0.1) is 0 Å². The molecule has 1 unspecified atom stereocenters. The van der Waals surface area contributed by atoms with Crippen LogP contribution in [0.15, 0.2) is 66.7 Å². The molecule has 0 bridgehead atoms. The number of methoxy groups -OCH3 is 2. The first-order chi connectivity index (χ1) is 14.1. The molecule has 4 rings (SSSR count). The van der Waals surface area contributed by atoms with Crippen molar-refractivity contribution in [3.63, 3.8) is 0 Å². The normalized spacial score (nSPS) is 15.2. The van der Waals surface area contributed by atoms with Gasteiger partial charge in [0.05, 0.1) is 19.9 Å². The van der Waals surface area contributed by atoms with Gasteiger partial charge in [-0.3, -0.25) is 4.79 Å². The van der Waals surface area contributed by atoms with E-state index < -0.39 is 0 Å². The number of hydrogen-bond donors (Lipinski definition) is 1. The van der Waals surface area contributed by atoms with E-state index >= 15 is 0 Å². The van der Waals surface area contributed by atoms with Crippen LogP contribution >= 0.6 is 11.6 Å². The molecule has 0 spiro atoms. The molecule has 0 radical (unpaired) electrons. The van der Waals surface area contributed by atoms with Gasteiger partial charge in [-0.05, 0) is 29.8 Å². The van der Waals surface area contributed by atoms with Crippen molar-refractivity contribution < 1.29 is 14.3 Å². The fourth-order valence-corrected chi connectivity index (χ4v) is 3.76. The topological polar surface area (TPSA) is 50.8 Å². The van der Waals surface area contributed by atoms with Crippen LogP contribution in [0.5, 0.6) is 11.5 Å². The third-order valence-corrected chi connectivity index (χ3v) is 5.43. The molecule has 1 amide bonds. The van der Waals surface area contributed by atoms with E-state index in [1.165, 1.54) is 0 Å². The molecular formula is C23H21ClN2O3. The molecule has 1 atom stereocenters. The average Bonchev–Trinajstić information content (AvgIpc) is 3.01. The van der Waals surface area contributed by atoms with E-state index in [9.17, 15) is 4.79 Å². The van der Waals surface area contributed by atoms with Crippen molar-refractivity contribution in [3.05, 3.63) is 88.4 Å². The van der Waals surface area contributed by atoms with Gasteiger partial charge in [0, 0.05) is 28.8 Å². The zero-order valence-electron chi connectivity index (χ0n) is 16.2. The summed E-state index contributed by atoms with van der Waals surface area (Å²) in [4.78, 5) is 14.9. The van der Waals surface area contributed by atoms with Crippen molar-refractivity contribution in [2.75, 3.05) is 19.5 Å². The molecule has 29 heavy (non-hydrogen) atoms. The number of anilines is 1. The lowest BCUT2D eigenvalue weighted by Gasteiger charge is -2.28. The monoisotopic (exact) mass is 408 g/mol.